The first-order valence-corrected chi connectivity index (χ1v) is 6.84. The second kappa shape index (κ2) is 9.92. The highest BCUT2D eigenvalue weighted by molar-refractivity contribution is 5.91. The Morgan fingerprint density at radius 1 is 1.11 bits per heavy atom. The minimum absolute atomic E-state index is 0.0738. The van der Waals surface area contributed by atoms with Crippen LogP contribution in [0.5, 0.6) is 0 Å². The molecular formula is C14H26O4. The van der Waals surface area contributed by atoms with Gasteiger partial charge in [0.05, 0.1) is 6.61 Å². The van der Waals surface area contributed by atoms with E-state index in [1.807, 2.05) is 20.8 Å². The van der Waals surface area contributed by atoms with E-state index in [0.29, 0.717) is 6.61 Å². The summed E-state index contributed by atoms with van der Waals surface area (Å²) >= 11 is 0. The Morgan fingerprint density at radius 2 is 1.78 bits per heavy atom. The van der Waals surface area contributed by atoms with Crippen LogP contribution in [0, 0.1) is 5.92 Å². The van der Waals surface area contributed by atoms with E-state index in [9.17, 15) is 9.59 Å². The standard InChI is InChI=1S/C14H26O4/c1-5-7-8-12(6-2)18-14(16)9-13(15)17-10-11(3)4/h11-12H,5-10H2,1-4H3. The molecule has 0 radical (unpaired) electrons. The normalized spacial score (nSPS) is 12.3. The molecule has 0 aromatic heterocycles. The largest absolute Gasteiger partial charge is 0.465 e. The number of unbranched alkanes of at least 4 members (excludes halogenated alkanes) is 1. The zero-order valence-corrected chi connectivity index (χ0v) is 12.0. The summed E-state index contributed by atoms with van der Waals surface area (Å²) in [6.45, 7) is 8.31. The van der Waals surface area contributed by atoms with Gasteiger partial charge >= 0.3 is 11.9 Å². The molecule has 0 N–H and O–H groups in total. The van der Waals surface area contributed by atoms with Gasteiger partial charge in [-0.15, -0.1) is 0 Å². The summed E-state index contributed by atoms with van der Waals surface area (Å²) in [6, 6.07) is 0. The lowest BCUT2D eigenvalue weighted by Crippen LogP contribution is -2.21. The minimum Gasteiger partial charge on any atom is -0.465 e. The Labute approximate surface area is 110 Å². The number of carbonyl (C=O) groups is 2. The van der Waals surface area contributed by atoms with Crippen molar-refractivity contribution in [1.82, 2.24) is 0 Å². The van der Waals surface area contributed by atoms with Gasteiger partial charge in [0, 0.05) is 0 Å². The van der Waals surface area contributed by atoms with Crippen LogP contribution in [0.15, 0.2) is 0 Å². The third kappa shape index (κ3) is 9.02. The maximum absolute atomic E-state index is 11.5. The van der Waals surface area contributed by atoms with Crippen LogP contribution in [0.25, 0.3) is 0 Å². The van der Waals surface area contributed by atoms with Gasteiger partial charge in [0.2, 0.25) is 0 Å². The van der Waals surface area contributed by atoms with E-state index in [2.05, 4.69) is 6.92 Å². The molecule has 0 aromatic rings. The SMILES string of the molecule is CCCCC(CC)OC(=O)CC(=O)OCC(C)C. The van der Waals surface area contributed by atoms with Crippen LogP contribution in [-0.4, -0.2) is 24.6 Å². The van der Waals surface area contributed by atoms with E-state index in [4.69, 9.17) is 9.47 Å². The third-order valence-corrected chi connectivity index (χ3v) is 2.50. The van der Waals surface area contributed by atoms with Crippen molar-refractivity contribution >= 4 is 11.9 Å². The van der Waals surface area contributed by atoms with Gasteiger partial charge in [0.15, 0.2) is 0 Å². The lowest BCUT2D eigenvalue weighted by molar-refractivity contribution is -0.158. The Balaban J connectivity index is 3.89. The fraction of sp³-hybridized carbons (Fsp3) is 0.857. The lowest BCUT2D eigenvalue weighted by Gasteiger charge is -2.15. The monoisotopic (exact) mass is 258 g/mol. The summed E-state index contributed by atoms with van der Waals surface area (Å²) in [5, 5.41) is 0. The molecule has 4 heteroatoms. The van der Waals surface area contributed by atoms with Gasteiger partial charge in [-0.25, -0.2) is 0 Å². The van der Waals surface area contributed by atoms with Crippen molar-refractivity contribution in [3.8, 4) is 0 Å². The molecule has 0 bridgehead atoms. The molecule has 0 fully saturated rings. The van der Waals surface area contributed by atoms with Crippen LogP contribution in [0.2, 0.25) is 0 Å². The van der Waals surface area contributed by atoms with Crippen molar-refractivity contribution in [2.75, 3.05) is 6.61 Å². The summed E-state index contributed by atoms with van der Waals surface area (Å²) in [6.07, 6.45) is 3.39. The number of esters is 2. The van der Waals surface area contributed by atoms with E-state index in [0.717, 1.165) is 25.7 Å². The zero-order valence-electron chi connectivity index (χ0n) is 12.0. The molecule has 0 spiro atoms. The molecule has 1 atom stereocenters. The van der Waals surface area contributed by atoms with Crippen LogP contribution >= 0.6 is 0 Å². The average Bonchev–Trinajstić information content (AvgIpc) is 2.31. The van der Waals surface area contributed by atoms with Crippen LogP contribution in [-0.2, 0) is 19.1 Å². The fourth-order valence-electron chi connectivity index (χ4n) is 1.43. The molecular weight excluding hydrogens is 232 g/mol. The predicted molar refractivity (Wildman–Crippen MR) is 70.1 cm³/mol. The first-order valence-electron chi connectivity index (χ1n) is 6.84. The second-order valence-electron chi connectivity index (χ2n) is 4.92. The highest BCUT2D eigenvalue weighted by Gasteiger charge is 2.16. The topological polar surface area (TPSA) is 52.6 Å². The number of hydrogen-bond acceptors (Lipinski definition) is 4. The molecule has 0 aliphatic carbocycles. The van der Waals surface area contributed by atoms with Crippen LogP contribution in [0.3, 0.4) is 0 Å². The zero-order chi connectivity index (χ0) is 14.0. The summed E-state index contributed by atoms with van der Waals surface area (Å²) in [5.41, 5.74) is 0. The van der Waals surface area contributed by atoms with E-state index < -0.39 is 11.9 Å². The quantitative estimate of drug-likeness (QED) is 0.471. The van der Waals surface area contributed by atoms with Crippen molar-refractivity contribution in [2.45, 2.75) is 65.9 Å². The summed E-state index contributed by atoms with van der Waals surface area (Å²) < 4.78 is 10.2. The third-order valence-electron chi connectivity index (χ3n) is 2.50. The molecule has 0 aliphatic heterocycles. The predicted octanol–water partition coefficient (Wildman–Crippen LogP) is 3.09. The Bertz CT molecular complexity index is 248. The van der Waals surface area contributed by atoms with E-state index in [1.54, 1.807) is 0 Å². The maximum atomic E-state index is 11.5. The first kappa shape index (κ1) is 16.9. The van der Waals surface area contributed by atoms with E-state index in [1.165, 1.54) is 0 Å². The molecule has 0 saturated carbocycles. The van der Waals surface area contributed by atoms with Crippen molar-refractivity contribution in [1.29, 1.82) is 0 Å². The van der Waals surface area contributed by atoms with Crippen molar-refractivity contribution in [3.05, 3.63) is 0 Å². The summed E-state index contributed by atoms with van der Waals surface area (Å²) in [5.74, 6) is -0.705. The second-order valence-corrected chi connectivity index (χ2v) is 4.92. The van der Waals surface area contributed by atoms with Crippen molar-refractivity contribution in [3.63, 3.8) is 0 Å². The van der Waals surface area contributed by atoms with Crippen molar-refractivity contribution in [2.24, 2.45) is 5.92 Å². The molecule has 0 aliphatic rings. The van der Waals surface area contributed by atoms with Gasteiger partial charge in [-0.2, -0.15) is 0 Å². The fourth-order valence-corrected chi connectivity index (χ4v) is 1.43. The van der Waals surface area contributed by atoms with Crippen LogP contribution in [0.1, 0.15) is 59.8 Å². The molecule has 0 aromatic carbocycles. The Hall–Kier alpha value is -1.06. The van der Waals surface area contributed by atoms with Crippen molar-refractivity contribution < 1.29 is 19.1 Å². The number of carbonyl (C=O) groups excluding carboxylic acids is 2. The smallest absolute Gasteiger partial charge is 0.317 e. The highest BCUT2D eigenvalue weighted by Crippen LogP contribution is 2.10. The van der Waals surface area contributed by atoms with E-state index in [-0.39, 0.29) is 18.4 Å². The van der Waals surface area contributed by atoms with Gasteiger partial charge in [-0.05, 0) is 18.8 Å². The maximum Gasteiger partial charge on any atom is 0.317 e. The molecule has 0 heterocycles. The van der Waals surface area contributed by atoms with Gasteiger partial charge in [0.1, 0.15) is 12.5 Å². The molecule has 0 rings (SSSR count). The van der Waals surface area contributed by atoms with Crippen LogP contribution < -0.4 is 0 Å². The molecule has 18 heavy (non-hydrogen) atoms. The summed E-state index contributed by atoms with van der Waals surface area (Å²) in [4.78, 5) is 22.8. The van der Waals surface area contributed by atoms with Gasteiger partial charge in [-0.3, -0.25) is 9.59 Å². The number of rotatable bonds is 9. The molecule has 0 amide bonds. The first-order chi connectivity index (χ1) is 8.49. The van der Waals surface area contributed by atoms with Gasteiger partial charge < -0.3 is 9.47 Å². The lowest BCUT2D eigenvalue weighted by atomic mass is 10.1. The molecule has 0 saturated heterocycles. The molecule has 4 nitrogen and oxygen atoms in total. The highest BCUT2D eigenvalue weighted by atomic mass is 16.6. The van der Waals surface area contributed by atoms with Crippen LogP contribution in [0.4, 0.5) is 0 Å². The summed E-state index contributed by atoms with van der Waals surface area (Å²) in [7, 11) is 0. The Kier molecular flexibility index (Phi) is 9.33. The molecule has 106 valence electrons. The minimum atomic E-state index is -0.501. The molecule has 1 unspecified atom stereocenters. The van der Waals surface area contributed by atoms with Gasteiger partial charge in [-0.1, -0.05) is 40.5 Å². The number of ether oxygens (including phenoxy) is 2. The Morgan fingerprint density at radius 3 is 2.28 bits per heavy atom. The van der Waals surface area contributed by atoms with Gasteiger partial charge in [0.25, 0.3) is 0 Å². The van der Waals surface area contributed by atoms with E-state index >= 15 is 0 Å². The number of hydrogen-bond donors (Lipinski definition) is 0. The average molecular weight is 258 g/mol.